The highest BCUT2D eigenvalue weighted by Crippen LogP contribution is 2.35. The van der Waals surface area contributed by atoms with Crippen LogP contribution >= 0.6 is 0 Å². The van der Waals surface area contributed by atoms with Crippen molar-refractivity contribution in [1.82, 2.24) is 10.3 Å². The normalized spacial score (nSPS) is 10.4. The zero-order chi connectivity index (χ0) is 21.5. The molecule has 2 amide bonds. The maximum Gasteiger partial charge on any atom is 0.327 e. The van der Waals surface area contributed by atoms with E-state index in [1.54, 1.807) is 50.7 Å². The van der Waals surface area contributed by atoms with E-state index in [0.29, 0.717) is 41.7 Å². The molecular formula is C23H26N4O3. The van der Waals surface area contributed by atoms with E-state index in [4.69, 9.17) is 15.2 Å². The van der Waals surface area contributed by atoms with Crippen LogP contribution in [-0.2, 0) is 6.42 Å². The Morgan fingerprint density at radius 2 is 1.80 bits per heavy atom. The highest BCUT2D eigenvalue weighted by molar-refractivity contribution is 6.01. The number of nitrogens with two attached hydrogens (primary N) is 1. The minimum Gasteiger partial charge on any atom is -0.493 e. The molecule has 2 aromatic carbocycles. The summed E-state index contributed by atoms with van der Waals surface area (Å²) in [6.07, 6.45) is 2.31. The van der Waals surface area contributed by atoms with Crippen molar-refractivity contribution in [2.24, 2.45) is 0 Å². The number of hydrogen-bond donors (Lipinski definition) is 2. The smallest absolute Gasteiger partial charge is 0.327 e. The molecule has 0 radical (unpaired) electrons. The van der Waals surface area contributed by atoms with Gasteiger partial charge >= 0.3 is 6.03 Å². The van der Waals surface area contributed by atoms with E-state index in [9.17, 15) is 4.79 Å². The topological polar surface area (TPSA) is 89.7 Å². The summed E-state index contributed by atoms with van der Waals surface area (Å²) in [6, 6.07) is 16.5. The number of aromatic nitrogens is 1. The highest BCUT2D eigenvalue weighted by atomic mass is 16.5. The summed E-state index contributed by atoms with van der Waals surface area (Å²) in [5, 5.41) is 2.96. The molecule has 3 rings (SSSR count). The SMILES string of the molecule is COc1ccc(N(C(=O)NCCc2ccc(C)cc2)c2ncccc2N)cc1OC. The third kappa shape index (κ3) is 4.81. The number of methoxy groups -OCH3 is 2. The van der Waals surface area contributed by atoms with E-state index in [0.717, 1.165) is 5.56 Å². The van der Waals surface area contributed by atoms with Gasteiger partial charge in [0, 0.05) is 18.8 Å². The van der Waals surface area contributed by atoms with Gasteiger partial charge in [-0.25, -0.2) is 14.7 Å². The molecule has 3 N–H and O–H groups in total. The molecule has 0 aliphatic heterocycles. The van der Waals surface area contributed by atoms with Crippen molar-refractivity contribution in [3.8, 4) is 11.5 Å². The Labute approximate surface area is 176 Å². The molecule has 0 bridgehead atoms. The minimum absolute atomic E-state index is 0.334. The number of carbonyl (C=O) groups excluding carboxylic acids is 1. The third-order valence-corrected chi connectivity index (χ3v) is 4.67. The molecule has 1 aromatic heterocycles. The Bertz CT molecular complexity index is 1010. The highest BCUT2D eigenvalue weighted by Gasteiger charge is 2.22. The van der Waals surface area contributed by atoms with E-state index in [1.165, 1.54) is 10.5 Å². The van der Waals surface area contributed by atoms with Gasteiger partial charge in [-0.15, -0.1) is 0 Å². The molecule has 7 heteroatoms. The van der Waals surface area contributed by atoms with Crippen molar-refractivity contribution in [2.45, 2.75) is 13.3 Å². The molecular weight excluding hydrogens is 380 g/mol. The third-order valence-electron chi connectivity index (χ3n) is 4.67. The number of anilines is 3. The van der Waals surface area contributed by atoms with Gasteiger partial charge in [0.1, 0.15) is 0 Å². The quantitative estimate of drug-likeness (QED) is 0.617. The molecule has 0 fully saturated rings. The summed E-state index contributed by atoms with van der Waals surface area (Å²) in [5.74, 6) is 1.41. The van der Waals surface area contributed by atoms with Crippen LogP contribution in [0, 0.1) is 6.92 Å². The molecule has 3 aromatic rings. The number of nitrogens with one attached hydrogen (secondary N) is 1. The maximum absolute atomic E-state index is 13.1. The van der Waals surface area contributed by atoms with Crippen LogP contribution < -0.4 is 25.4 Å². The van der Waals surface area contributed by atoms with Crippen molar-refractivity contribution in [3.63, 3.8) is 0 Å². The summed E-state index contributed by atoms with van der Waals surface area (Å²) in [7, 11) is 3.10. The predicted octanol–water partition coefficient (Wildman–Crippen LogP) is 4.08. The predicted molar refractivity (Wildman–Crippen MR) is 119 cm³/mol. The van der Waals surface area contributed by atoms with Crippen molar-refractivity contribution in [1.29, 1.82) is 0 Å². The van der Waals surface area contributed by atoms with Gasteiger partial charge in [0.25, 0.3) is 0 Å². The van der Waals surface area contributed by atoms with Crippen LogP contribution in [0.15, 0.2) is 60.8 Å². The average Bonchev–Trinajstić information content (AvgIpc) is 2.76. The summed E-state index contributed by atoms with van der Waals surface area (Å²) in [6.45, 7) is 2.52. The number of rotatable bonds is 7. The second-order valence-corrected chi connectivity index (χ2v) is 6.76. The minimum atomic E-state index is -0.334. The first-order chi connectivity index (χ1) is 14.5. The Balaban J connectivity index is 1.85. The number of pyridine rings is 1. The van der Waals surface area contributed by atoms with Crippen LogP contribution in [0.1, 0.15) is 11.1 Å². The Morgan fingerprint density at radius 3 is 2.47 bits per heavy atom. The van der Waals surface area contributed by atoms with Gasteiger partial charge in [0.05, 0.1) is 25.6 Å². The monoisotopic (exact) mass is 406 g/mol. The molecule has 0 aliphatic rings. The lowest BCUT2D eigenvalue weighted by Gasteiger charge is -2.24. The average molecular weight is 406 g/mol. The standard InChI is InChI=1S/C23H26N4O3/c1-16-6-8-17(9-7-16)12-14-26-23(28)27(22-19(24)5-4-13-25-22)18-10-11-20(29-2)21(15-18)30-3/h4-11,13,15H,12,14,24H2,1-3H3,(H,26,28). The van der Waals surface area contributed by atoms with Gasteiger partial charge in [-0.1, -0.05) is 29.8 Å². The second kappa shape index (κ2) is 9.65. The van der Waals surface area contributed by atoms with Crippen LogP contribution in [-0.4, -0.2) is 31.8 Å². The fraction of sp³-hybridized carbons (Fsp3) is 0.217. The molecule has 0 aliphatic carbocycles. The van der Waals surface area contributed by atoms with Crippen LogP contribution in [0.3, 0.4) is 0 Å². The first-order valence-electron chi connectivity index (χ1n) is 9.59. The van der Waals surface area contributed by atoms with Gasteiger partial charge < -0.3 is 20.5 Å². The fourth-order valence-corrected chi connectivity index (χ4v) is 3.04. The van der Waals surface area contributed by atoms with Gasteiger partial charge in [-0.3, -0.25) is 0 Å². The molecule has 1 heterocycles. The van der Waals surface area contributed by atoms with Crippen molar-refractivity contribution < 1.29 is 14.3 Å². The zero-order valence-electron chi connectivity index (χ0n) is 17.4. The van der Waals surface area contributed by atoms with Crippen molar-refractivity contribution >= 4 is 23.2 Å². The van der Waals surface area contributed by atoms with Crippen LogP contribution in [0.2, 0.25) is 0 Å². The molecule has 0 spiro atoms. The van der Waals surface area contributed by atoms with Crippen LogP contribution in [0.5, 0.6) is 11.5 Å². The molecule has 0 unspecified atom stereocenters. The number of benzene rings is 2. The van der Waals surface area contributed by atoms with Crippen molar-refractivity contribution in [3.05, 3.63) is 71.9 Å². The lowest BCUT2D eigenvalue weighted by Crippen LogP contribution is -2.38. The lowest BCUT2D eigenvalue weighted by molar-refractivity contribution is 0.248. The molecule has 0 saturated heterocycles. The van der Waals surface area contributed by atoms with Crippen LogP contribution in [0.4, 0.5) is 22.0 Å². The summed E-state index contributed by atoms with van der Waals surface area (Å²) < 4.78 is 10.7. The van der Waals surface area contributed by atoms with E-state index >= 15 is 0 Å². The molecule has 0 saturated carbocycles. The number of aryl methyl sites for hydroxylation is 1. The van der Waals surface area contributed by atoms with Gasteiger partial charge in [0.15, 0.2) is 17.3 Å². The van der Waals surface area contributed by atoms with Crippen molar-refractivity contribution in [2.75, 3.05) is 31.4 Å². The maximum atomic E-state index is 13.1. The van der Waals surface area contributed by atoms with E-state index in [2.05, 4.69) is 34.6 Å². The number of carbonyl (C=O) groups is 1. The van der Waals surface area contributed by atoms with E-state index in [1.807, 2.05) is 6.92 Å². The van der Waals surface area contributed by atoms with E-state index < -0.39 is 0 Å². The Morgan fingerprint density at radius 1 is 1.07 bits per heavy atom. The largest absolute Gasteiger partial charge is 0.493 e. The Hall–Kier alpha value is -3.74. The Kier molecular flexibility index (Phi) is 6.75. The number of urea groups is 1. The number of amides is 2. The van der Waals surface area contributed by atoms with E-state index in [-0.39, 0.29) is 6.03 Å². The summed E-state index contributed by atoms with van der Waals surface area (Å²) in [4.78, 5) is 18.9. The molecule has 156 valence electrons. The molecule has 30 heavy (non-hydrogen) atoms. The number of hydrogen-bond acceptors (Lipinski definition) is 5. The first kappa shape index (κ1) is 21.0. The fourth-order valence-electron chi connectivity index (χ4n) is 3.04. The van der Waals surface area contributed by atoms with Gasteiger partial charge in [0.2, 0.25) is 0 Å². The van der Waals surface area contributed by atoms with Crippen LogP contribution in [0.25, 0.3) is 0 Å². The molecule has 7 nitrogen and oxygen atoms in total. The zero-order valence-corrected chi connectivity index (χ0v) is 17.4. The lowest BCUT2D eigenvalue weighted by atomic mass is 10.1. The summed E-state index contributed by atoms with van der Waals surface area (Å²) in [5.41, 5.74) is 9.42. The second-order valence-electron chi connectivity index (χ2n) is 6.76. The molecule has 0 atom stereocenters. The first-order valence-corrected chi connectivity index (χ1v) is 9.59. The number of nitrogen functional groups attached to an aromatic ring is 1. The number of nitrogens with zero attached hydrogens (tertiary/aromatic N) is 2. The van der Waals surface area contributed by atoms with Gasteiger partial charge in [-0.2, -0.15) is 0 Å². The van der Waals surface area contributed by atoms with Gasteiger partial charge in [-0.05, 0) is 43.2 Å². The summed E-state index contributed by atoms with van der Waals surface area (Å²) >= 11 is 0. The number of ether oxygens (including phenoxy) is 2.